The monoisotopic (exact) mass is 361 g/mol. The Labute approximate surface area is 156 Å². The summed E-state index contributed by atoms with van der Waals surface area (Å²) in [5.41, 5.74) is 1.25. The minimum Gasteiger partial charge on any atom is -0.461 e. The highest BCUT2D eigenvalue weighted by atomic mass is 16.3. The van der Waals surface area contributed by atoms with E-state index in [4.69, 9.17) is 4.42 Å². The van der Waals surface area contributed by atoms with E-state index in [1.807, 2.05) is 37.3 Å². The van der Waals surface area contributed by atoms with Gasteiger partial charge in [0.1, 0.15) is 0 Å². The number of furan rings is 1. The van der Waals surface area contributed by atoms with Gasteiger partial charge >= 0.3 is 0 Å². The number of para-hydroxylation sites is 1. The predicted octanol–water partition coefficient (Wildman–Crippen LogP) is 3.60. The average Bonchev–Trinajstić information content (AvgIpc) is 3.27. The normalized spacial score (nSPS) is 18.6. The largest absolute Gasteiger partial charge is 0.461 e. The lowest BCUT2D eigenvalue weighted by atomic mass is 9.89. The number of aliphatic hydroxyl groups is 1. The van der Waals surface area contributed by atoms with Crippen LogP contribution in [0.4, 0.5) is 5.69 Å². The molecular formula is C22H19NO4. The van der Waals surface area contributed by atoms with Gasteiger partial charge in [-0.05, 0) is 30.7 Å². The highest BCUT2D eigenvalue weighted by Gasteiger charge is 2.51. The van der Waals surface area contributed by atoms with Gasteiger partial charge in [0, 0.05) is 5.56 Å². The zero-order chi connectivity index (χ0) is 19.0. The number of rotatable bonds is 5. The Kier molecular flexibility index (Phi) is 4.16. The van der Waals surface area contributed by atoms with Crippen molar-refractivity contribution in [3.05, 3.63) is 89.4 Å². The van der Waals surface area contributed by atoms with Gasteiger partial charge in [0.15, 0.2) is 11.4 Å². The summed E-state index contributed by atoms with van der Waals surface area (Å²) in [5, 5.41) is 11.2. The van der Waals surface area contributed by atoms with E-state index in [1.165, 1.54) is 17.2 Å². The molecule has 5 heteroatoms. The van der Waals surface area contributed by atoms with Gasteiger partial charge in [-0.3, -0.25) is 9.59 Å². The number of ketones is 1. The smallest absolute Gasteiger partial charge is 0.264 e. The van der Waals surface area contributed by atoms with Crippen molar-refractivity contribution in [2.75, 3.05) is 4.90 Å². The molecule has 2 aromatic carbocycles. The minimum atomic E-state index is -1.90. The van der Waals surface area contributed by atoms with Crippen molar-refractivity contribution in [1.29, 1.82) is 0 Å². The molecule has 1 aliphatic heterocycles. The fourth-order valence-corrected chi connectivity index (χ4v) is 3.47. The molecule has 0 saturated heterocycles. The lowest BCUT2D eigenvalue weighted by molar-refractivity contribution is -0.136. The van der Waals surface area contributed by atoms with E-state index < -0.39 is 17.3 Å². The van der Waals surface area contributed by atoms with Crippen molar-refractivity contribution in [3.63, 3.8) is 0 Å². The number of carbonyl (C=O) groups excluding carboxylic acids is 2. The van der Waals surface area contributed by atoms with Crippen molar-refractivity contribution in [2.24, 2.45) is 0 Å². The molecular weight excluding hydrogens is 342 g/mol. The Morgan fingerprint density at radius 2 is 1.81 bits per heavy atom. The average molecular weight is 361 g/mol. The SMILES string of the molecule is Cc1ccc(CN2C(=O)[C@](O)(CC(=O)c3ccco3)c3ccccc32)cc1. The summed E-state index contributed by atoms with van der Waals surface area (Å²) in [5.74, 6) is -0.780. The molecule has 1 atom stereocenters. The summed E-state index contributed by atoms with van der Waals surface area (Å²) >= 11 is 0. The van der Waals surface area contributed by atoms with E-state index in [0.717, 1.165) is 11.1 Å². The Morgan fingerprint density at radius 1 is 1.07 bits per heavy atom. The number of carbonyl (C=O) groups is 2. The van der Waals surface area contributed by atoms with E-state index in [2.05, 4.69) is 0 Å². The third kappa shape index (κ3) is 2.96. The molecule has 0 saturated carbocycles. The van der Waals surface area contributed by atoms with Crippen LogP contribution in [0.3, 0.4) is 0 Å². The number of aryl methyl sites for hydroxylation is 1. The molecule has 0 fully saturated rings. The number of hydrogen-bond acceptors (Lipinski definition) is 4. The molecule has 4 rings (SSSR count). The van der Waals surface area contributed by atoms with Crippen molar-refractivity contribution in [3.8, 4) is 0 Å². The van der Waals surface area contributed by atoms with Crippen molar-refractivity contribution in [2.45, 2.75) is 25.5 Å². The molecule has 136 valence electrons. The van der Waals surface area contributed by atoms with Crippen LogP contribution in [0.15, 0.2) is 71.3 Å². The molecule has 1 amide bonds. The number of hydrogen-bond donors (Lipinski definition) is 1. The third-order valence-corrected chi connectivity index (χ3v) is 4.91. The zero-order valence-corrected chi connectivity index (χ0v) is 14.9. The van der Waals surface area contributed by atoms with E-state index in [0.29, 0.717) is 17.8 Å². The van der Waals surface area contributed by atoms with Crippen molar-refractivity contribution < 1.29 is 19.1 Å². The summed E-state index contributed by atoms with van der Waals surface area (Å²) in [6.07, 6.45) is 1.03. The molecule has 3 aromatic rings. The Hall–Kier alpha value is -3.18. The molecule has 0 spiro atoms. The van der Waals surface area contributed by atoms with Crippen LogP contribution < -0.4 is 4.90 Å². The molecule has 0 bridgehead atoms. The maximum atomic E-state index is 13.2. The van der Waals surface area contributed by atoms with Crippen LogP contribution in [0.2, 0.25) is 0 Å². The number of nitrogens with zero attached hydrogens (tertiary/aromatic N) is 1. The number of fused-ring (bicyclic) bond motifs is 1. The van der Waals surface area contributed by atoms with Crippen LogP contribution in [0, 0.1) is 6.92 Å². The quantitative estimate of drug-likeness (QED) is 0.705. The molecule has 2 heterocycles. The van der Waals surface area contributed by atoms with Gasteiger partial charge in [-0.15, -0.1) is 0 Å². The lowest BCUT2D eigenvalue weighted by Gasteiger charge is -2.22. The second-order valence-electron chi connectivity index (χ2n) is 6.83. The first-order valence-electron chi connectivity index (χ1n) is 8.75. The van der Waals surface area contributed by atoms with Crippen LogP contribution >= 0.6 is 0 Å². The summed E-state index contributed by atoms with van der Waals surface area (Å²) in [6, 6.07) is 18.1. The van der Waals surface area contributed by atoms with E-state index in [-0.39, 0.29) is 12.2 Å². The summed E-state index contributed by atoms with van der Waals surface area (Å²) < 4.78 is 5.12. The maximum Gasteiger partial charge on any atom is 0.264 e. The highest BCUT2D eigenvalue weighted by Crippen LogP contribution is 2.43. The van der Waals surface area contributed by atoms with E-state index in [1.54, 1.807) is 24.3 Å². The molecule has 1 N–H and O–H groups in total. The van der Waals surface area contributed by atoms with Gasteiger partial charge in [-0.1, -0.05) is 48.0 Å². The second-order valence-corrected chi connectivity index (χ2v) is 6.83. The van der Waals surface area contributed by atoms with Crippen LogP contribution in [-0.4, -0.2) is 16.8 Å². The number of amides is 1. The standard InChI is InChI=1S/C22H19NO4/c1-15-8-10-16(11-9-15)14-23-18-6-3-2-5-17(18)22(26,21(23)25)13-19(24)20-7-4-12-27-20/h2-12,26H,13-14H2,1H3/t22-/m0/s1. The van der Waals surface area contributed by atoms with Gasteiger partial charge in [0.05, 0.1) is 24.9 Å². The van der Waals surface area contributed by atoms with Crippen molar-refractivity contribution in [1.82, 2.24) is 0 Å². The molecule has 0 unspecified atom stereocenters. The summed E-state index contributed by atoms with van der Waals surface area (Å²) in [6.45, 7) is 2.33. The number of Topliss-reactive ketones (excluding diaryl/α,β-unsaturated/α-hetero) is 1. The lowest BCUT2D eigenvalue weighted by Crippen LogP contribution is -2.41. The molecule has 1 aromatic heterocycles. The van der Waals surface area contributed by atoms with Crippen LogP contribution in [0.25, 0.3) is 0 Å². The van der Waals surface area contributed by atoms with E-state index in [9.17, 15) is 14.7 Å². The minimum absolute atomic E-state index is 0.130. The fourth-order valence-electron chi connectivity index (χ4n) is 3.47. The Balaban J connectivity index is 1.68. The van der Waals surface area contributed by atoms with Gasteiger partial charge in [0.2, 0.25) is 5.78 Å². The third-order valence-electron chi connectivity index (χ3n) is 4.91. The Morgan fingerprint density at radius 3 is 2.52 bits per heavy atom. The van der Waals surface area contributed by atoms with Gasteiger partial charge in [-0.2, -0.15) is 0 Å². The highest BCUT2D eigenvalue weighted by molar-refractivity contribution is 6.10. The molecule has 0 aliphatic carbocycles. The number of benzene rings is 2. The van der Waals surface area contributed by atoms with Crippen molar-refractivity contribution >= 4 is 17.4 Å². The summed E-state index contributed by atoms with van der Waals surface area (Å²) in [4.78, 5) is 27.2. The van der Waals surface area contributed by atoms with Gasteiger partial charge < -0.3 is 14.4 Å². The van der Waals surface area contributed by atoms with Crippen LogP contribution in [-0.2, 0) is 16.9 Å². The number of anilines is 1. The molecule has 1 aliphatic rings. The molecule has 0 radical (unpaired) electrons. The first-order chi connectivity index (χ1) is 13.0. The second kappa shape index (κ2) is 6.52. The van der Waals surface area contributed by atoms with Crippen LogP contribution in [0.1, 0.15) is 33.7 Å². The topological polar surface area (TPSA) is 70.8 Å². The van der Waals surface area contributed by atoms with Gasteiger partial charge in [-0.25, -0.2) is 0 Å². The maximum absolute atomic E-state index is 13.2. The van der Waals surface area contributed by atoms with Crippen LogP contribution in [0.5, 0.6) is 0 Å². The van der Waals surface area contributed by atoms with E-state index >= 15 is 0 Å². The predicted molar refractivity (Wildman–Crippen MR) is 100 cm³/mol. The zero-order valence-electron chi connectivity index (χ0n) is 14.9. The Bertz CT molecular complexity index is 991. The molecule has 5 nitrogen and oxygen atoms in total. The first kappa shape index (κ1) is 17.2. The first-order valence-corrected chi connectivity index (χ1v) is 8.75. The van der Waals surface area contributed by atoms with Gasteiger partial charge in [0.25, 0.3) is 5.91 Å². The fraction of sp³-hybridized carbons (Fsp3) is 0.182. The summed E-state index contributed by atoms with van der Waals surface area (Å²) in [7, 11) is 0. The molecule has 27 heavy (non-hydrogen) atoms.